The van der Waals surface area contributed by atoms with Crippen molar-refractivity contribution in [1.82, 2.24) is 107 Å². The molecule has 0 bridgehead atoms. The first-order valence-corrected chi connectivity index (χ1v) is 62.3. The van der Waals surface area contributed by atoms with Crippen LogP contribution in [0.4, 0.5) is 29.2 Å². The van der Waals surface area contributed by atoms with Crippen LogP contribution in [0.2, 0.25) is 0 Å². The molecule has 20 N–H and O–H groups in total. The molecule has 7 unspecified atom stereocenters. The first kappa shape index (κ1) is 109. The molecule has 7 aliphatic heterocycles. The van der Waals surface area contributed by atoms with Gasteiger partial charge in [0.25, 0.3) is 16.7 Å². The van der Waals surface area contributed by atoms with E-state index >= 15 is 0 Å². The van der Waals surface area contributed by atoms with Gasteiger partial charge in [-0.3, -0.25) is 61.3 Å². The van der Waals surface area contributed by atoms with Crippen molar-refractivity contribution in [2.75, 3.05) is 75.4 Å². The van der Waals surface area contributed by atoms with Crippen molar-refractivity contribution in [3.05, 3.63) is 142 Å². The van der Waals surface area contributed by atoms with E-state index in [9.17, 15) is 63.0 Å². The smallest absolute Gasteiger partial charge is 0.351 e. The minimum atomic E-state index is -4.78. The van der Waals surface area contributed by atoms with E-state index in [-0.39, 0.29) is 106 Å². The molecule has 0 amide bonds. The van der Waals surface area contributed by atoms with Gasteiger partial charge in [-0.15, -0.1) is 0 Å². The van der Waals surface area contributed by atoms with E-state index in [0.717, 1.165) is 20.8 Å². The standard InChI is InChI=1S/C72H94N27O34P7S7/c1-6-33-34(7-50(120-33)96-26-84-54-59(74)78-23-81-62(54)96)128-135(107,142)114-18-42-36(8-47(121-42)93-14-30(2)58(73)88-70(93)103)129-137(109,144)118-21-45-39(12-52(125-45)98-28-86-56-61(76)80-25-83-64(56)98)132-140(112,147)117-20-44-37(9-48(123-44)94-15-31(3)66(100)91-71(94)104)130-136(108,143)116-19-43-38(10-49(122-43)95-16-32(4)67(101)92-72(95)105)131-138(110,145)119-22-46-40(13-53(126-46)99-29-87-57-65(99)89-69(77)90-68(57)102)133-139(111,146)115-17-41-35(127-134(106,141)113-5)11-51(124-41)97-27-85-55-60(75)79-24-82-63(55)97/h14-16,23-29,33-53H,6-13,17-22H2,1-5H3,(H,106,141)(H,107,142)(H,108,143)(H,109,144)(H,110,145)(H,111,146)(H,112,147)(H2,73,88,103)(H2,74,78,81)(H2,75,79,82)(H2,76,80,83)(H,91,100,104)(H,92,101,105)(H3,77,89,90,102)/t33-,34-,35-,36-,37-,38-,39-,40-,41-,42-,43-,44-,45-,46-,47-,48-,49-,50-,51-,52-,53-,134?,135?,136?,137?,138?,139?,140?/m1/s1. The summed E-state index contributed by atoms with van der Waals surface area (Å²) in [5.74, 6) is -0.146. The van der Waals surface area contributed by atoms with Crippen LogP contribution in [0.1, 0.15) is 119 Å². The van der Waals surface area contributed by atoms with Crippen molar-refractivity contribution in [2.24, 2.45) is 0 Å². The summed E-state index contributed by atoms with van der Waals surface area (Å²) in [6.45, 7) is -29.6. The van der Waals surface area contributed by atoms with Crippen LogP contribution in [0.15, 0.2) is 91.6 Å². The molecule has 11 aromatic heterocycles. The fourth-order valence-corrected chi connectivity index (χ4v) is 27.2. The number of aromatic nitrogens is 22. The summed E-state index contributed by atoms with van der Waals surface area (Å²) in [4.78, 5) is 220. The fraction of sp³-hybridized carbons (Fsp3) is 0.556. The molecular weight excluding hydrogens is 2230 g/mol. The molecule has 0 spiro atoms. The summed E-state index contributed by atoms with van der Waals surface area (Å²) < 4.78 is 138. The summed E-state index contributed by atoms with van der Waals surface area (Å²) >= 11 is 39.2. The maximum absolute atomic E-state index is 13.7. The minimum Gasteiger partial charge on any atom is -0.383 e. The van der Waals surface area contributed by atoms with Crippen LogP contribution in [0.3, 0.4) is 0 Å². The number of imidazole rings is 4. The number of ether oxygens (including phenoxy) is 7. The van der Waals surface area contributed by atoms with E-state index in [1.165, 1.54) is 90.4 Å². The van der Waals surface area contributed by atoms with Gasteiger partial charge in [0.1, 0.15) is 122 Å². The molecule has 0 aliphatic carbocycles. The van der Waals surface area contributed by atoms with Crippen molar-refractivity contribution < 1.29 is 131 Å². The highest BCUT2D eigenvalue weighted by Gasteiger charge is 2.52. The van der Waals surface area contributed by atoms with Crippen molar-refractivity contribution in [3.8, 4) is 0 Å². The number of H-pyrrole nitrogens is 3. The summed E-state index contributed by atoms with van der Waals surface area (Å²) in [6, 6.07) is 0. The molecule has 11 aromatic rings. The lowest BCUT2D eigenvalue weighted by Gasteiger charge is -2.29. The van der Waals surface area contributed by atoms with Gasteiger partial charge >= 0.3 is 64.1 Å². The van der Waals surface area contributed by atoms with Gasteiger partial charge in [-0.25, -0.2) is 64.2 Å². The number of aryl methyl sites for hydroxylation is 3. The van der Waals surface area contributed by atoms with Crippen molar-refractivity contribution in [1.29, 1.82) is 0 Å². The minimum absolute atomic E-state index is 0.00382. The lowest BCUT2D eigenvalue weighted by atomic mass is 10.1. The first-order valence-electron chi connectivity index (χ1n) is 44.1. The highest BCUT2D eigenvalue weighted by molar-refractivity contribution is 8.09. The van der Waals surface area contributed by atoms with Gasteiger partial charge in [0.05, 0.1) is 114 Å². The number of hydrogen-bond donors (Lipinski definition) is 15. The SMILES string of the molecule is CC[C@H]1O[C@@H](n2cnc3c(N)ncnc32)C[C@H]1OP(O)(=S)OC[C@H]1O[C@@H](n2cc(C)c(N)nc2=O)C[C@H]1OP(O)(=S)OC[C@H]1O[C@@H](n2cnc3c(N)ncnc32)C[C@H]1OP(O)(=S)OC[C@H]1O[C@@H](n2cc(C)c(=O)[nH]c2=O)C[C@H]1OP(O)(=S)OC[C@H]1O[C@@H](n2cc(C)c(=O)[nH]c2=O)C[C@H]1OP(O)(=S)OC[C@H]1O[C@@H](n2cnc3c(=O)[nH]c(N)nc32)C[C@H]1OP(O)(=S)OC[C@H]1O[C@@H](n2cnc3c(N)ncnc32)C[C@H]1OP(O)(=S)OC. The Morgan fingerprint density at radius 1 is 0.333 bits per heavy atom. The molecule has 7 fully saturated rings. The summed E-state index contributed by atoms with van der Waals surface area (Å²) in [7, 11) is 1.14. The average molecular weight is 2320 g/mol. The third-order valence-corrected chi connectivity index (χ3v) is 35.7. The Hall–Kier alpha value is -7.33. The average Bonchev–Trinajstić information content (AvgIpc) is 1.63. The van der Waals surface area contributed by atoms with Gasteiger partial charge in [0.2, 0.25) is 5.95 Å². The van der Waals surface area contributed by atoms with E-state index in [2.05, 4.69) is 74.8 Å². The van der Waals surface area contributed by atoms with Gasteiger partial charge in [-0.05, 0) is 110 Å². The van der Waals surface area contributed by atoms with Gasteiger partial charge in [0, 0.05) is 87.3 Å². The van der Waals surface area contributed by atoms with E-state index in [1.54, 1.807) is 11.5 Å². The zero-order valence-electron chi connectivity index (χ0n) is 76.8. The largest absolute Gasteiger partial charge is 0.383 e. The Morgan fingerprint density at radius 2 is 0.599 bits per heavy atom. The van der Waals surface area contributed by atoms with Gasteiger partial charge < -0.3 is 159 Å². The summed E-state index contributed by atoms with van der Waals surface area (Å²) in [6.07, 6.45) is -14.2. The van der Waals surface area contributed by atoms with E-state index in [4.69, 9.17) is 208 Å². The molecule has 18 heterocycles. The van der Waals surface area contributed by atoms with Crippen molar-refractivity contribution in [3.63, 3.8) is 0 Å². The van der Waals surface area contributed by atoms with Gasteiger partial charge in [-0.2, -0.15) is 9.97 Å². The number of aromatic amines is 3. The summed E-state index contributed by atoms with van der Waals surface area (Å²) in [5, 5.41) is 0. The molecule has 7 saturated heterocycles. The predicted octanol–water partition coefficient (Wildman–Crippen LogP) is 1.22. The Balaban J connectivity index is 0.557. The second-order valence-electron chi connectivity index (χ2n) is 34.2. The molecule has 18 rings (SSSR count). The topological polar surface area (TPSA) is 805 Å². The number of nitrogen functional groups attached to an aromatic ring is 5. The second-order valence-corrected chi connectivity index (χ2v) is 53.8. The zero-order valence-corrected chi connectivity index (χ0v) is 88.8. The molecule has 0 saturated carbocycles. The number of nitrogens with one attached hydrogen (secondary N) is 3. The van der Waals surface area contributed by atoms with Crippen LogP contribution in [0.25, 0.3) is 44.7 Å². The van der Waals surface area contributed by atoms with Crippen LogP contribution in [0, 0.1) is 20.8 Å². The van der Waals surface area contributed by atoms with Crippen LogP contribution in [0.5, 0.6) is 0 Å². The Morgan fingerprint density at radius 3 is 0.905 bits per heavy atom. The quantitative estimate of drug-likeness (QED) is 0.0240. The van der Waals surface area contributed by atoms with Crippen molar-refractivity contribution in [2.45, 2.75) is 208 Å². The zero-order chi connectivity index (χ0) is 105. The number of hydrogen-bond acceptors (Lipinski definition) is 51. The van der Waals surface area contributed by atoms with E-state index < -0.39 is 262 Å². The van der Waals surface area contributed by atoms with E-state index in [1.807, 2.05) is 6.92 Å². The highest BCUT2D eigenvalue weighted by Crippen LogP contribution is 2.59. The molecule has 798 valence electrons. The summed E-state index contributed by atoms with van der Waals surface area (Å²) in [5.41, 5.74) is 27.2. The third-order valence-electron chi connectivity index (χ3n) is 24.4. The Labute approximate surface area is 861 Å². The number of nitrogens with two attached hydrogens (primary N) is 5. The van der Waals surface area contributed by atoms with E-state index in [0.29, 0.717) is 23.1 Å². The molecule has 28 atom stereocenters. The highest BCUT2D eigenvalue weighted by atomic mass is 32.5. The normalized spacial score (nSPS) is 29.4. The molecule has 61 nitrogen and oxygen atoms in total. The van der Waals surface area contributed by atoms with Gasteiger partial charge in [-0.1, -0.05) is 6.92 Å². The molecule has 147 heavy (non-hydrogen) atoms. The number of anilines is 5. The van der Waals surface area contributed by atoms with Crippen molar-refractivity contribution >= 4 is 204 Å². The maximum atomic E-state index is 13.7. The molecule has 75 heteroatoms. The Kier molecular flexibility index (Phi) is 32.7. The first-order chi connectivity index (χ1) is 69.5. The Bertz CT molecular complexity index is 7600. The molecule has 0 aromatic carbocycles. The fourth-order valence-electron chi connectivity index (χ4n) is 17.3. The van der Waals surface area contributed by atoms with Gasteiger partial charge in [0.15, 0.2) is 45.6 Å². The monoisotopic (exact) mass is 2320 g/mol. The maximum Gasteiger partial charge on any atom is 0.351 e. The molecule has 7 aliphatic rings. The predicted molar refractivity (Wildman–Crippen MR) is 534 cm³/mol. The lowest BCUT2D eigenvalue weighted by molar-refractivity contribution is -0.0575. The number of nitrogens with zero attached hydrogens (tertiary/aromatic N) is 19. The van der Waals surface area contributed by atoms with Crippen LogP contribution in [-0.2, 0) is 179 Å². The van der Waals surface area contributed by atoms with Crippen LogP contribution >= 0.6 is 47.0 Å². The number of fused-ring (bicyclic) bond motifs is 4. The number of rotatable bonds is 41. The van der Waals surface area contributed by atoms with Crippen LogP contribution < -0.4 is 62.4 Å². The molecule has 0 radical (unpaired) electrons. The molecular formula is C72H94N27O34P7S7. The van der Waals surface area contributed by atoms with Crippen LogP contribution in [-0.4, -0.2) is 273 Å². The third kappa shape index (κ3) is 24.9. The second kappa shape index (κ2) is 43.9. The lowest BCUT2D eigenvalue weighted by Crippen LogP contribution is -2.33.